The van der Waals surface area contributed by atoms with Gasteiger partial charge in [-0.2, -0.15) is 0 Å². The molecule has 0 bridgehead atoms. The van der Waals surface area contributed by atoms with Gasteiger partial charge in [-0.05, 0) is 47.1 Å². The van der Waals surface area contributed by atoms with Gasteiger partial charge in [0, 0.05) is 11.2 Å². The summed E-state index contributed by atoms with van der Waals surface area (Å²) in [5.74, 6) is -1.62. The number of ether oxygens (including phenoxy) is 2. The van der Waals surface area contributed by atoms with E-state index < -0.39 is 23.6 Å². The number of amides is 1. The van der Waals surface area contributed by atoms with Gasteiger partial charge < -0.3 is 19.8 Å². The molecule has 0 saturated carbocycles. The number of aromatic nitrogens is 1. The average molecular weight is 324 g/mol. The van der Waals surface area contributed by atoms with Crippen molar-refractivity contribution in [3.63, 3.8) is 0 Å². The molecule has 1 rings (SSSR count). The molecule has 0 aliphatic heterocycles. The van der Waals surface area contributed by atoms with Gasteiger partial charge in [-0.25, -0.2) is 9.59 Å². The number of aromatic amines is 1. The van der Waals surface area contributed by atoms with Gasteiger partial charge in [0.05, 0.1) is 12.7 Å². The van der Waals surface area contributed by atoms with Crippen molar-refractivity contribution in [1.82, 2.24) is 10.3 Å². The van der Waals surface area contributed by atoms with Gasteiger partial charge in [0.2, 0.25) is 0 Å². The number of hydrogen-bond donors (Lipinski definition) is 2. The van der Waals surface area contributed by atoms with Crippen LogP contribution in [0.15, 0.2) is 0 Å². The molecule has 0 saturated heterocycles. The lowest BCUT2D eigenvalue weighted by atomic mass is 10.1. The molecule has 1 heterocycles. The van der Waals surface area contributed by atoms with Crippen molar-refractivity contribution < 1.29 is 23.9 Å². The largest absolute Gasteiger partial charge is 0.465 e. The van der Waals surface area contributed by atoms with Crippen molar-refractivity contribution >= 4 is 17.8 Å². The predicted octanol–water partition coefficient (Wildman–Crippen LogP) is 1.88. The molecule has 7 nitrogen and oxygen atoms in total. The van der Waals surface area contributed by atoms with Crippen LogP contribution in [0.4, 0.5) is 0 Å². The number of carbonyl (C=O) groups excluding carboxylic acids is 3. The Morgan fingerprint density at radius 2 is 1.70 bits per heavy atom. The van der Waals surface area contributed by atoms with E-state index >= 15 is 0 Å². The fourth-order valence-corrected chi connectivity index (χ4v) is 2.11. The van der Waals surface area contributed by atoms with E-state index in [4.69, 9.17) is 4.74 Å². The van der Waals surface area contributed by atoms with Crippen LogP contribution in [0.3, 0.4) is 0 Å². The van der Waals surface area contributed by atoms with E-state index in [0.29, 0.717) is 16.8 Å². The first-order chi connectivity index (χ1) is 10.5. The highest BCUT2D eigenvalue weighted by Gasteiger charge is 2.27. The zero-order valence-electron chi connectivity index (χ0n) is 14.6. The Balaban J connectivity index is 2.91. The maximum Gasteiger partial charge on any atom is 0.355 e. The van der Waals surface area contributed by atoms with Crippen molar-refractivity contribution in [2.24, 2.45) is 0 Å². The number of hydrogen-bond acceptors (Lipinski definition) is 5. The molecule has 2 N–H and O–H groups in total. The second kappa shape index (κ2) is 6.85. The summed E-state index contributed by atoms with van der Waals surface area (Å²) in [5.41, 5.74) is 0.954. The highest BCUT2D eigenvalue weighted by atomic mass is 16.5. The van der Waals surface area contributed by atoms with E-state index in [2.05, 4.69) is 15.0 Å². The number of carbonyl (C=O) groups is 3. The second-order valence-electron chi connectivity index (χ2n) is 6.40. The molecule has 1 amide bonds. The molecule has 0 spiro atoms. The molecule has 0 aromatic carbocycles. The summed E-state index contributed by atoms with van der Waals surface area (Å²) in [7, 11) is 1.27. The van der Waals surface area contributed by atoms with E-state index in [0.717, 1.165) is 0 Å². The first-order valence-corrected chi connectivity index (χ1v) is 7.28. The molecular weight excluding hydrogens is 300 g/mol. The molecule has 1 unspecified atom stereocenters. The molecular formula is C16H24N2O5. The lowest BCUT2D eigenvalue weighted by Gasteiger charge is -2.23. The number of aryl methyl sites for hydroxylation is 1. The van der Waals surface area contributed by atoms with Gasteiger partial charge in [-0.1, -0.05) is 0 Å². The number of H-pyrrole nitrogens is 1. The van der Waals surface area contributed by atoms with Crippen molar-refractivity contribution in [2.45, 2.75) is 53.2 Å². The summed E-state index contributed by atoms with van der Waals surface area (Å²) in [6.07, 6.45) is -0.952. The van der Waals surface area contributed by atoms with Crippen molar-refractivity contribution in [3.05, 3.63) is 22.5 Å². The van der Waals surface area contributed by atoms with Crippen LogP contribution in [-0.4, -0.2) is 41.6 Å². The Morgan fingerprint density at radius 1 is 1.13 bits per heavy atom. The third kappa shape index (κ3) is 4.58. The van der Waals surface area contributed by atoms with Crippen LogP contribution in [0.25, 0.3) is 0 Å². The van der Waals surface area contributed by atoms with Gasteiger partial charge >= 0.3 is 11.9 Å². The Morgan fingerprint density at radius 3 is 2.17 bits per heavy atom. The molecule has 23 heavy (non-hydrogen) atoms. The highest BCUT2D eigenvalue weighted by Crippen LogP contribution is 2.20. The molecule has 1 aromatic rings. The van der Waals surface area contributed by atoms with E-state index in [1.807, 2.05) is 20.8 Å². The third-order valence-electron chi connectivity index (χ3n) is 3.18. The normalized spacial score (nSPS) is 12.5. The summed E-state index contributed by atoms with van der Waals surface area (Å²) in [6, 6.07) is 0. The zero-order valence-corrected chi connectivity index (χ0v) is 14.6. The van der Waals surface area contributed by atoms with Gasteiger partial charge in [0.1, 0.15) is 5.69 Å². The SMILES string of the molecule is COC(=O)c1c(C)[nH]c(C(=O)OC(C)C(=O)NC(C)(C)C)c1C. The fraction of sp³-hybridized carbons (Fsp3) is 0.562. The van der Waals surface area contributed by atoms with Crippen LogP contribution < -0.4 is 5.32 Å². The van der Waals surface area contributed by atoms with Crippen molar-refractivity contribution in [1.29, 1.82) is 0 Å². The van der Waals surface area contributed by atoms with E-state index in [1.165, 1.54) is 14.0 Å². The minimum absolute atomic E-state index is 0.137. The molecule has 7 heteroatoms. The average Bonchev–Trinajstić information content (AvgIpc) is 2.71. The minimum atomic E-state index is -0.952. The van der Waals surface area contributed by atoms with Crippen LogP contribution in [0.1, 0.15) is 59.8 Å². The van der Waals surface area contributed by atoms with Gasteiger partial charge in [0.25, 0.3) is 5.91 Å². The minimum Gasteiger partial charge on any atom is -0.465 e. The third-order valence-corrected chi connectivity index (χ3v) is 3.18. The first-order valence-electron chi connectivity index (χ1n) is 7.28. The first kappa shape index (κ1) is 18.7. The maximum atomic E-state index is 12.2. The van der Waals surface area contributed by atoms with E-state index in [9.17, 15) is 14.4 Å². The monoisotopic (exact) mass is 324 g/mol. The number of methoxy groups -OCH3 is 1. The van der Waals surface area contributed by atoms with Crippen LogP contribution in [-0.2, 0) is 14.3 Å². The van der Waals surface area contributed by atoms with Gasteiger partial charge in [-0.3, -0.25) is 4.79 Å². The second-order valence-corrected chi connectivity index (χ2v) is 6.40. The lowest BCUT2D eigenvalue weighted by Crippen LogP contribution is -2.46. The topological polar surface area (TPSA) is 97.5 Å². The van der Waals surface area contributed by atoms with Gasteiger partial charge in [-0.15, -0.1) is 0 Å². The highest BCUT2D eigenvalue weighted by molar-refractivity contribution is 5.99. The summed E-state index contributed by atoms with van der Waals surface area (Å²) in [6.45, 7) is 10.3. The van der Waals surface area contributed by atoms with Crippen molar-refractivity contribution in [2.75, 3.05) is 7.11 Å². The Labute approximate surface area is 135 Å². The quantitative estimate of drug-likeness (QED) is 0.824. The number of esters is 2. The number of rotatable bonds is 4. The van der Waals surface area contributed by atoms with E-state index in [-0.39, 0.29) is 11.6 Å². The van der Waals surface area contributed by atoms with Crippen molar-refractivity contribution in [3.8, 4) is 0 Å². The lowest BCUT2D eigenvalue weighted by molar-refractivity contribution is -0.130. The molecule has 1 atom stereocenters. The van der Waals surface area contributed by atoms with Gasteiger partial charge in [0.15, 0.2) is 6.10 Å². The Kier molecular flexibility index (Phi) is 5.58. The summed E-state index contributed by atoms with van der Waals surface area (Å²) < 4.78 is 9.86. The summed E-state index contributed by atoms with van der Waals surface area (Å²) in [5, 5.41) is 2.73. The van der Waals surface area contributed by atoms with Crippen LogP contribution >= 0.6 is 0 Å². The predicted molar refractivity (Wildman–Crippen MR) is 84.4 cm³/mol. The maximum absolute atomic E-state index is 12.2. The molecule has 1 aromatic heterocycles. The standard InChI is InChI=1S/C16H24N2O5/c1-8-11(14(20)22-7)9(2)17-12(8)15(21)23-10(3)13(19)18-16(4,5)6/h10,17H,1-7H3,(H,18,19). The summed E-state index contributed by atoms with van der Waals surface area (Å²) in [4.78, 5) is 38.7. The number of nitrogens with one attached hydrogen (secondary N) is 2. The molecule has 0 fully saturated rings. The zero-order chi connectivity index (χ0) is 17.9. The van der Waals surface area contributed by atoms with Crippen LogP contribution in [0, 0.1) is 13.8 Å². The summed E-state index contributed by atoms with van der Waals surface area (Å²) >= 11 is 0. The van der Waals surface area contributed by atoms with Crippen LogP contribution in [0.2, 0.25) is 0 Å². The van der Waals surface area contributed by atoms with Crippen LogP contribution in [0.5, 0.6) is 0 Å². The molecule has 0 aliphatic rings. The smallest absolute Gasteiger partial charge is 0.355 e. The Hall–Kier alpha value is -2.31. The molecule has 0 radical (unpaired) electrons. The molecule has 0 aliphatic carbocycles. The molecule has 128 valence electrons. The Bertz CT molecular complexity index is 625. The van der Waals surface area contributed by atoms with E-state index in [1.54, 1.807) is 13.8 Å². The fourth-order valence-electron chi connectivity index (χ4n) is 2.11.